The van der Waals surface area contributed by atoms with E-state index in [1.165, 1.54) is 13.2 Å². The average molecular weight is 380 g/mol. The van der Waals surface area contributed by atoms with Crippen molar-refractivity contribution < 1.29 is 14.6 Å². The van der Waals surface area contributed by atoms with Crippen LogP contribution in [0, 0.1) is 0 Å². The molecule has 1 aromatic carbocycles. The lowest BCUT2D eigenvalue weighted by Gasteiger charge is -2.18. The molecule has 28 heavy (non-hydrogen) atoms. The van der Waals surface area contributed by atoms with E-state index in [0.29, 0.717) is 17.3 Å². The molecule has 0 bridgehead atoms. The molecule has 0 radical (unpaired) electrons. The number of methoxy groups -OCH3 is 1. The Labute approximate surface area is 164 Å². The number of rotatable bonds is 5. The Balaban J connectivity index is 2.19. The normalized spacial score (nSPS) is 11.3. The molecule has 3 rings (SSSR count). The summed E-state index contributed by atoms with van der Waals surface area (Å²) in [5.74, 6) is 0.159. The molecule has 0 saturated carbocycles. The Hall–Kier alpha value is -3.35. The number of hydrogen-bond donors (Lipinski definition) is 2. The smallest absolute Gasteiger partial charge is 0.337 e. The van der Waals surface area contributed by atoms with Crippen molar-refractivity contribution in [2.45, 2.75) is 26.2 Å². The third-order valence-corrected chi connectivity index (χ3v) is 4.44. The van der Waals surface area contributed by atoms with Crippen molar-refractivity contribution >= 4 is 17.5 Å². The van der Waals surface area contributed by atoms with E-state index in [9.17, 15) is 9.90 Å². The Kier molecular flexibility index (Phi) is 5.09. The van der Waals surface area contributed by atoms with Gasteiger partial charge in [0.25, 0.3) is 0 Å². The van der Waals surface area contributed by atoms with Crippen molar-refractivity contribution in [2.24, 2.45) is 7.05 Å². The van der Waals surface area contributed by atoms with Crippen LogP contribution in [0.2, 0.25) is 0 Å². The molecule has 0 aliphatic heterocycles. The van der Waals surface area contributed by atoms with Gasteiger partial charge in [-0.15, -0.1) is 0 Å². The number of aromatic carboxylic acids is 1. The van der Waals surface area contributed by atoms with E-state index in [1.54, 1.807) is 29.2 Å². The Morgan fingerprint density at radius 3 is 2.43 bits per heavy atom. The van der Waals surface area contributed by atoms with Crippen LogP contribution < -0.4 is 10.1 Å². The second kappa shape index (κ2) is 7.34. The summed E-state index contributed by atoms with van der Waals surface area (Å²) in [6.45, 7) is 6.29. The standard InChI is InChI=1S/C21H24N4O3/c1-21(2,3)18-17(13-8-10-22-11-9-13)19(25(4)24-18)23-16-7-6-14(28-5)12-15(16)20(26)27/h6-12,23H,1-5H3,(H,26,27). The minimum atomic E-state index is -1.04. The van der Waals surface area contributed by atoms with Gasteiger partial charge in [-0.3, -0.25) is 9.67 Å². The van der Waals surface area contributed by atoms with Gasteiger partial charge in [0.05, 0.1) is 24.1 Å². The number of carboxylic acid groups (broad SMARTS) is 1. The van der Waals surface area contributed by atoms with E-state index < -0.39 is 5.97 Å². The summed E-state index contributed by atoms with van der Waals surface area (Å²) in [5.41, 5.74) is 3.18. The second-order valence-electron chi connectivity index (χ2n) is 7.52. The van der Waals surface area contributed by atoms with E-state index in [-0.39, 0.29) is 11.0 Å². The highest BCUT2D eigenvalue weighted by atomic mass is 16.5. The number of hydrogen-bond acceptors (Lipinski definition) is 5. The first kappa shape index (κ1) is 19.4. The molecule has 2 N–H and O–H groups in total. The van der Waals surface area contributed by atoms with Crippen molar-refractivity contribution in [3.05, 3.63) is 54.0 Å². The number of aryl methyl sites for hydroxylation is 1. The third kappa shape index (κ3) is 3.69. The molecule has 0 atom stereocenters. The van der Waals surface area contributed by atoms with E-state index in [2.05, 4.69) is 31.1 Å². The quantitative estimate of drug-likeness (QED) is 0.688. The van der Waals surface area contributed by atoms with Gasteiger partial charge in [0.2, 0.25) is 0 Å². The van der Waals surface area contributed by atoms with Crippen LogP contribution >= 0.6 is 0 Å². The lowest BCUT2D eigenvalue weighted by atomic mass is 9.87. The van der Waals surface area contributed by atoms with Crippen molar-refractivity contribution in [3.8, 4) is 16.9 Å². The number of benzene rings is 1. The van der Waals surface area contributed by atoms with Crippen molar-refractivity contribution in [3.63, 3.8) is 0 Å². The van der Waals surface area contributed by atoms with Crippen LogP contribution in [0.25, 0.3) is 11.1 Å². The van der Waals surface area contributed by atoms with E-state index in [0.717, 1.165) is 16.8 Å². The van der Waals surface area contributed by atoms with Crippen LogP contribution in [0.1, 0.15) is 36.8 Å². The SMILES string of the molecule is COc1ccc(Nc2c(-c3ccncc3)c(C(C)(C)C)nn2C)c(C(=O)O)c1. The average Bonchev–Trinajstić information content (AvgIpc) is 2.99. The number of nitrogens with one attached hydrogen (secondary N) is 1. The Bertz CT molecular complexity index is 1000. The zero-order chi connectivity index (χ0) is 20.5. The fourth-order valence-corrected chi connectivity index (χ4v) is 3.05. The van der Waals surface area contributed by atoms with Gasteiger partial charge in [-0.25, -0.2) is 4.79 Å². The van der Waals surface area contributed by atoms with E-state index >= 15 is 0 Å². The van der Waals surface area contributed by atoms with Gasteiger partial charge in [0.15, 0.2) is 0 Å². The first-order valence-electron chi connectivity index (χ1n) is 8.88. The number of aromatic nitrogens is 3. The highest BCUT2D eigenvalue weighted by Gasteiger charge is 2.27. The number of ether oxygens (including phenoxy) is 1. The minimum Gasteiger partial charge on any atom is -0.497 e. The highest BCUT2D eigenvalue weighted by Crippen LogP contribution is 2.39. The van der Waals surface area contributed by atoms with Crippen LogP contribution in [0.3, 0.4) is 0 Å². The lowest BCUT2D eigenvalue weighted by Crippen LogP contribution is -2.13. The monoisotopic (exact) mass is 380 g/mol. The van der Waals surface area contributed by atoms with Crippen LogP contribution in [0.4, 0.5) is 11.5 Å². The molecular formula is C21H24N4O3. The minimum absolute atomic E-state index is 0.124. The number of carbonyl (C=O) groups is 1. The molecule has 2 aromatic heterocycles. The van der Waals surface area contributed by atoms with Crippen molar-refractivity contribution in [2.75, 3.05) is 12.4 Å². The summed E-state index contributed by atoms with van der Waals surface area (Å²) in [5, 5.41) is 17.6. The summed E-state index contributed by atoms with van der Waals surface area (Å²) in [7, 11) is 3.35. The topological polar surface area (TPSA) is 89.3 Å². The van der Waals surface area contributed by atoms with Gasteiger partial charge >= 0.3 is 5.97 Å². The maximum absolute atomic E-state index is 11.8. The summed E-state index contributed by atoms with van der Waals surface area (Å²) >= 11 is 0. The first-order valence-corrected chi connectivity index (χ1v) is 8.88. The van der Waals surface area contributed by atoms with Crippen LogP contribution in [0.15, 0.2) is 42.7 Å². The zero-order valence-corrected chi connectivity index (χ0v) is 16.6. The van der Waals surface area contributed by atoms with Crippen molar-refractivity contribution in [1.82, 2.24) is 14.8 Å². The van der Waals surface area contributed by atoms with Crippen LogP contribution in [-0.4, -0.2) is 33.0 Å². The fourth-order valence-electron chi connectivity index (χ4n) is 3.05. The third-order valence-electron chi connectivity index (χ3n) is 4.44. The first-order chi connectivity index (χ1) is 13.2. The van der Waals surface area contributed by atoms with Gasteiger partial charge in [0, 0.05) is 30.4 Å². The molecule has 0 fully saturated rings. The molecule has 0 saturated heterocycles. The molecule has 0 aliphatic carbocycles. The Morgan fingerprint density at radius 2 is 1.86 bits per heavy atom. The number of nitrogens with zero attached hydrogens (tertiary/aromatic N) is 3. The molecule has 0 amide bonds. The Morgan fingerprint density at radius 1 is 1.18 bits per heavy atom. The van der Waals surface area contributed by atoms with Crippen LogP contribution in [-0.2, 0) is 12.5 Å². The number of anilines is 2. The molecule has 7 heteroatoms. The van der Waals surface area contributed by atoms with Crippen LogP contribution in [0.5, 0.6) is 5.75 Å². The molecule has 3 aromatic rings. The summed E-state index contributed by atoms with van der Waals surface area (Å²) in [6, 6.07) is 8.76. The molecule has 146 valence electrons. The number of carboxylic acids is 1. The fraction of sp³-hybridized carbons (Fsp3) is 0.286. The van der Waals surface area contributed by atoms with Gasteiger partial charge in [0.1, 0.15) is 11.6 Å². The highest BCUT2D eigenvalue weighted by molar-refractivity contribution is 5.96. The van der Waals surface area contributed by atoms with Gasteiger partial charge in [-0.05, 0) is 35.9 Å². The zero-order valence-electron chi connectivity index (χ0n) is 16.6. The van der Waals surface area contributed by atoms with Crippen molar-refractivity contribution in [1.29, 1.82) is 0 Å². The summed E-state index contributed by atoms with van der Waals surface area (Å²) < 4.78 is 6.90. The lowest BCUT2D eigenvalue weighted by molar-refractivity contribution is 0.0697. The largest absolute Gasteiger partial charge is 0.497 e. The van der Waals surface area contributed by atoms with Gasteiger partial charge < -0.3 is 15.2 Å². The predicted octanol–water partition coefficient (Wildman–Crippen LogP) is 4.23. The maximum atomic E-state index is 11.8. The second-order valence-corrected chi connectivity index (χ2v) is 7.52. The summed E-state index contributed by atoms with van der Waals surface area (Å²) in [4.78, 5) is 15.9. The molecule has 0 spiro atoms. The molecule has 2 heterocycles. The molecule has 0 aliphatic rings. The molecule has 7 nitrogen and oxygen atoms in total. The summed E-state index contributed by atoms with van der Waals surface area (Å²) in [6.07, 6.45) is 3.46. The molecule has 0 unspecified atom stereocenters. The van der Waals surface area contributed by atoms with E-state index in [4.69, 9.17) is 9.84 Å². The van der Waals surface area contributed by atoms with Gasteiger partial charge in [-0.1, -0.05) is 20.8 Å². The van der Waals surface area contributed by atoms with E-state index in [1.807, 2.05) is 19.2 Å². The molecular weight excluding hydrogens is 356 g/mol. The number of pyridine rings is 1. The predicted molar refractivity (Wildman–Crippen MR) is 108 cm³/mol. The van der Waals surface area contributed by atoms with Gasteiger partial charge in [-0.2, -0.15) is 5.10 Å². The maximum Gasteiger partial charge on any atom is 0.337 e.